The molecule has 1 aromatic heterocycles. The molecule has 2 N–H and O–H groups in total. The lowest BCUT2D eigenvalue weighted by Crippen LogP contribution is -2.71. The van der Waals surface area contributed by atoms with Gasteiger partial charge in [-0.2, -0.15) is 5.10 Å². The van der Waals surface area contributed by atoms with Gasteiger partial charge in [-0.3, -0.25) is 4.79 Å². The highest BCUT2D eigenvalue weighted by Crippen LogP contribution is 2.27. The molecule has 0 unspecified atom stereocenters. The summed E-state index contributed by atoms with van der Waals surface area (Å²) < 4.78 is 1.71. The van der Waals surface area contributed by atoms with Crippen molar-refractivity contribution in [3.8, 4) is 5.69 Å². The Kier molecular flexibility index (Phi) is 3.29. The van der Waals surface area contributed by atoms with Crippen molar-refractivity contribution in [3.05, 3.63) is 48.3 Å². The normalized spacial score (nSPS) is 16.9. The number of nitrogens with zero attached hydrogens (tertiary/aromatic N) is 3. The van der Waals surface area contributed by atoms with Crippen molar-refractivity contribution < 1.29 is 4.79 Å². The van der Waals surface area contributed by atoms with Crippen LogP contribution >= 0.6 is 0 Å². The van der Waals surface area contributed by atoms with Gasteiger partial charge in [-0.25, -0.2) is 4.68 Å². The fourth-order valence-corrected chi connectivity index (χ4v) is 2.51. The number of benzene rings is 1. The lowest BCUT2D eigenvalue weighted by Gasteiger charge is -2.50. The molecule has 1 aromatic carbocycles. The summed E-state index contributed by atoms with van der Waals surface area (Å²) in [6, 6.07) is 9.74. The van der Waals surface area contributed by atoms with Crippen molar-refractivity contribution in [2.45, 2.75) is 19.4 Å². The van der Waals surface area contributed by atoms with Crippen molar-refractivity contribution in [3.63, 3.8) is 0 Å². The third-order valence-electron chi connectivity index (χ3n) is 4.26. The molecule has 110 valence electrons. The number of aromatic nitrogens is 2. The Balaban J connectivity index is 1.72. The second-order valence-electron chi connectivity index (χ2n) is 6.06. The zero-order valence-corrected chi connectivity index (χ0v) is 12.4. The largest absolute Gasteiger partial charge is 0.335 e. The van der Waals surface area contributed by atoms with Gasteiger partial charge in [-0.15, -0.1) is 0 Å². The van der Waals surface area contributed by atoms with E-state index in [9.17, 15) is 4.79 Å². The van der Waals surface area contributed by atoms with Crippen molar-refractivity contribution >= 4 is 5.91 Å². The number of nitrogens with two attached hydrogens (primary N) is 1. The Hall–Kier alpha value is -2.14. The maximum absolute atomic E-state index is 12.4. The number of para-hydroxylation sites is 1. The fourth-order valence-electron chi connectivity index (χ4n) is 2.51. The lowest BCUT2D eigenvalue weighted by atomic mass is 9.80. The number of hydrogen-bond acceptors (Lipinski definition) is 3. The Morgan fingerprint density at radius 1 is 1.29 bits per heavy atom. The third kappa shape index (κ3) is 2.45. The molecular formula is C16H20N4O. The molecule has 0 saturated carbocycles. The first-order chi connectivity index (χ1) is 9.99. The van der Waals surface area contributed by atoms with E-state index in [2.05, 4.69) is 18.9 Å². The second-order valence-corrected chi connectivity index (χ2v) is 6.06. The molecule has 1 saturated heterocycles. The number of rotatable bonds is 3. The predicted molar refractivity (Wildman–Crippen MR) is 81.2 cm³/mol. The third-order valence-corrected chi connectivity index (χ3v) is 4.26. The average Bonchev–Trinajstić information content (AvgIpc) is 2.93. The molecule has 3 rings (SSSR count). The van der Waals surface area contributed by atoms with Gasteiger partial charge in [-0.1, -0.05) is 32.0 Å². The summed E-state index contributed by atoms with van der Waals surface area (Å²) in [4.78, 5) is 14.2. The molecule has 1 aliphatic rings. The lowest BCUT2D eigenvalue weighted by molar-refractivity contribution is 0.0275. The van der Waals surface area contributed by atoms with Crippen molar-refractivity contribution in [1.29, 1.82) is 0 Å². The average molecular weight is 284 g/mol. The van der Waals surface area contributed by atoms with Crippen LogP contribution in [0.5, 0.6) is 0 Å². The molecule has 0 bridgehead atoms. The summed E-state index contributed by atoms with van der Waals surface area (Å²) >= 11 is 0. The van der Waals surface area contributed by atoms with Gasteiger partial charge in [0.1, 0.15) is 0 Å². The Morgan fingerprint density at radius 2 is 1.95 bits per heavy atom. The van der Waals surface area contributed by atoms with E-state index < -0.39 is 0 Å². The first-order valence-electron chi connectivity index (χ1n) is 7.18. The van der Waals surface area contributed by atoms with Crippen LogP contribution in [0.15, 0.2) is 42.7 Å². The predicted octanol–water partition coefficient (Wildman–Crippen LogP) is 1.68. The molecule has 0 spiro atoms. The minimum absolute atomic E-state index is 0.00101. The summed E-state index contributed by atoms with van der Waals surface area (Å²) in [5.74, 6) is 0.368. The minimum Gasteiger partial charge on any atom is -0.335 e. The summed E-state index contributed by atoms with van der Waals surface area (Å²) in [5, 5.41) is 4.26. The number of carbonyl (C=O) groups is 1. The highest BCUT2D eigenvalue weighted by Gasteiger charge is 2.44. The monoisotopic (exact) mass is 284 g/mol. The van der Waals surface area contributed by atoms with Crippen LogP contribution in [0, 0.1) is 5.92 Å². The highest BCUT2D eigenvalue weighted by molar-refractivity contribution is 5.94. The quantitative estimate of drug-likeness (QED) is 0.932. The first kappa shape index (κ1) is 13.8. The van der Waals surface area contributed by atoms with Gasteiger partial charge >= 0.3 is 0 Å². The van der Waals surface area contributed by atoms with Gasteiger partial charge in [0.2, 0.25) is 0 Å². The molecule has 1 amide bonds. The van der Waals surface area contributed by atoms with Crippen LogP contribution in [-0.2, 0) is 0 Å². The summed E-state index contributed by atoms with van der Waals surface area (Å²) in [7, 11) is 0. The smallest absolute Gasteiger partial charge is 0.257 e. The fraction of sp³-hybridized carbons (Fsp3) is 0.375. The topological polar surface area (TPSA) is 64.2 Å². The number of hydrogen-bond donors (Lipinski definition) is 1. The van der Waals surface area contributed by atoms with Crippen LogP contribution in [0.1, 0.15) is 24.2 Å². The molecule has 5 heteroatoms. The van der Waals surface area contributed by atoms with Crippen LogP contribution in [-0.4, -0.2) is 39.2 Å². The Bertz CT molecular complexity index is 641. The molecule has 0 aliphatic carbocycles. The molecule has 21 heavy (non-hydrogen) atoms. The zero-order chi connectivity index (χ0) is 15.0. The standard InChI is InChI=1S/C16H20N4O/c1-12(2)16(17)10-19(11-16)15(21)13-8-18-20(9-13)14-6-4-3-5-7-14/h3-9,12H,10-11,17H2,1-2H3. The molecule has 1 aliphatic heterocycles. The number of likely N-dealkylation sites (tertiary alicyclic amines) is 1. The van der Waals surface area contributed by atoms with Crippen LogP contribution in [0.4, 0.5) is 0 Å². The molecule has 2 heterocycles. The van der Waals surface area contributed by atoms with Crippen LogP contribution in [0.3, 0.4) is 0 Å². The Morgan fingerprint density at radius 3 is 2.57 bits per heavy atom. The van der Waals surface area contributed by atoms with Crippen molar-refractivity contribution in [2.75, 3.05) is 13.1 Å². The summed E-state index contributed by atoms with van der Waals surface area (Å²) in [6.45, 7) is 5.41. The summed E-state index contributed by atoms with van der Waals surface area (Å²) in [6.07, 6.45) is 3.38. The van der Waals surface area contributed by atoms with Crippen LogP contribution < -0.4 is 5.73 Å². The van der Waals surface area contributed by atoms with Gasteiger partial charge < -0.3 is 10.6 Å². The number of carbonyl (C=O) groups excluding carboxylic acids is 1. The van der Waals surface area contributed by atoms with Crippen LogP contribution in [0.2, 0.25) is 0 Å². The maximum atomic E-state index is 12.4. The van der Waals surface area contributed by atoms with E-state index in [4.69, 9.17) is 5.73 Å². The van der Waals surface area contributed by atoms with E-state index >= 15 is 0 Å². The van der Waals surface area contributed by atoms with Crippen molar-refractivity contribution in [2.24, 2.45) is 11.7 Å². The van der Waals surface area contributed by atoms with E-state index in [1.807, 2.05) is 30.3 Å². The SMILES string of the molecule is CC(C)C1(N)CN(C(=O)c2cnn(-c3ccccc3)c2)C1. The van der Waals surface area contributed by atoms with E-state index in [0.717, 1.165) is 5.69 Å². The van der Waals surface area contributed by atoms with E-state index in [0.29, 0.717) is 24.6 Å². The van der Waals surface area contributed by atoms with E-state index in [1.54, 1.807) is 22.0 Å². The minimum atomic E-state index is -0.245. The van der Waals surface area contributed by atoms with Gasteiger partial charge in [0.15, 0.2) is 0 Å². The first-order valence-corrected chi connectivity index (χ1v) is 7.18. The van der Waals surface area contributed by atoms with Gasteiger partial charge in [-0.05, 0) is 18.1 Å². The van der Waals surface area contributed by atoms with E-state index in [-0.39, 0.29) is 11.4 Å². The number of amides is 1. The zero-order valence-electron chi connectivity index (χ0n) is 12.4. The van der Waals surface area contributed by atoms with E-state index in [1.165, 1.54) is 0 Å². The van der Waals surface area contributed by atoms with Crippen molar-refractivity contribution in [1.82, 2.24) is 14.7 Å². The molecule has 1 fully saturated rings. The van der Waals surface area contributed by atoms with Crippen LogP contribution in [0.25, 0.3) is 5.69 Å². The Labute approximate surface area is 124 Å². The maximum Gasteiger partial charge on any atom is 0.257 e. The molecule has 0 radical (unpaired) electrons. The summed E-state index contributed by atoms with van der Waals surface area (Å²) in [5.41, 5.74) is 7.53. The highest BCUT2D eigenvalue weighted by atomic mass is 16.2. The van der Waals surface area contributed by atoms with Gasteiger partial charge in [0, 0.05) is 19.3 Å². The van der Waals surface area contributed by atoms with Gasteiger partial charge in [0.05, 0.1) is 23.0 Å². The molecule has 5 nitrogen and oxygen atoms in total. The van der Waals surface area contributed by atoms with Gasteiger partial charge in [0.25, 0.3) is 5.91 Å². The molecule has 0 atom stereocenters. The molecular weight excluding hydrogens is 264 g/mol. The second kappa shape index (κ2) is 5.00. The molecule has 2 aromatic rings.